The van der Waals surface area contributed by atoms with Crippen molar-refractivity contribution in [3.05, 3.63) is 24.0 Å². The van der Waals surface area contributed by atoms with Crippen LogP contribution in [0.2, 0.25) is 0 Å². The fourth-order valence-electron chi connectivity index (χ4n) is 2.78. The van der Waals surface area contributed by atoms with Crippen LogP contribution in [0.15, 0.2) is 18.3 Å². The van der Waals surface area contributed by atoms with Gasteiger partial charge in [-0.15, -0.1) is 0 Å². The topological polar surface area (TPSA) is 91.3 Å². The standard InChI is InChI=1S/C15H21N3O3/c1-10-13(7-4-8-16-10)18-15(21)17-9-11-5-2-3-6-12(11)14(19)20/h4,7-8,11-12H,2-3,5-6,9H2,1H3,(H,19,20)(H2,17,18,21). The zero-order chi connectivity index (χ0) is 15.2. The zero-order valence-corrected chi connectivity index (χ0v) is 12.1. The second kappa shape index (κ2) is 7.06. The zero-order valence-electron chi connectivity index (χ0n) is 12.1. The smallest absolute Gasteiger partial charge is 0.319 e. The molecule has 2 unspecified atom stereocenters. The molecule has 1 aromatic rings. The largest absolute Gasteiger partial charge is 0.481 e. The number of aryl methyl sites for hydroxylation is 1. The maximum Gasteiger partial charge on any atom is 0.319 e. The third-order valence-corrected chi connectivity index (χ3v) is 4.01. The molecule has 2 amide bonds. The number of carboxylic acid groups (broad SMARTS) is 1. The highest BCUT2D eigenvalue weighted by molar-refractivity contribution is 5.89. The van der Waals surface area contributed by atoms with Gasteiger partial charge in [-0.3, -0.25) is 9.78 Å². The van der Waals surface area contributed by atoms with Crippen LogP contribution in [0.3, 0.4) is 0 Å². The molecule has 0 aliphatic heterocycles. The van der Waals surface area contributed by atoms with Gasteiger partial charge < -0.3 is 15.7 Å². The maximum atomic E-state index is 11.9. The minimum Gasteiger partial charge on any atom is -0.481 e. The van der Waals surface area contributed by atoms with Gasteiger partial charge in [0.25, 0.3) is 0 Å². The third-order valence-electron chi connectivity index (χ3n) is 4.01. The van der Waals surface area contributed by atoms with E-state index in [0.29, 0.717) is 18.7 Å². The van der Waals surface area contributed by atoms with E-state index in [-0.39, 0.29) is 17.9 Å². The number of carbonyl (C=O) groups excluding carboxylic acids is 1. The summed E-state index contributed by atoms with van der Waals surface area (Å²) in [7, 11) is 0. The molecule has 1 heterocycles. The van der Waals surface area contributed by atoms with Crippen LogP contribution in [-0.2, 0) is 4.79 Å². The van der Waals surface area contributed by atoms with Crippen molar-refractivity contribution in [1.82, 2.24) is 10.3 Å². The molecule has 0 radical (unpaired) electrons. The Morgan fingerprint density at radius 2 is 2.14 bits per heavy atom. The Morgan fingerprint density at radius 1 is 1.38 bits per heavy atom. The molecule has 0 bridgehead atoms. The van der Waals surface area contributed by atoms with E-state index >= 15 is 0 Å². The first-order chi connectivity index (χ1) is 10.1. The van der Waals surface area contributed by atoms with Gasteiger partial charge >= 0.3 is 12.0 Å². The first-order valence-corrected chi connectivity index (χ1v) is 7.27. The lowest BCUT2D eigenvalue weighted by molar-refractivity contribution is -0.144. The number of hydrogen-bond acceptors (Lipinski definition) is 3. The highest BCUT2D eigenvalue weighted by Gasteiger charge is 2.30. The van der Waals surface area contributed by atoms with Crippen LogP contribution in [0, 0.1) is 18.8 Å². The number of aliphatic carboxylic acids is 1. The fraction of sp³-hybridized carbons (Fsp3) is 0.533. The Morgan fingerprint density at radius 3 is 2.86 bits per heavy atom. The van der Waals surface area contributed by atoms with Crippen molar-refractivity contribution >= 4 is 17.7 Å². The van der Waals surface area contributed by atoms with Crippen molar-refractivity contribution in [2.45, 2.75) is 32.6 Å². The van der Waals surface area contributed by atoms with Crippen LogP contribution in [0.5, 0.6) is 0 Å². The molecular weight excluding hydrogens is 270 g/mol. The summed E-state index contributed by atoms with van der Waals surface area (Å²) in [6.07, 6.45) is 5.19. The molecule has 0 saturated heterocycles. The van der Waals surface area contributed by atoms with Crippen LogP contribution >= 0.6 is 0 Å². The van der Waals surface area contributed by atoms with Crippen LogP contribution in [0.25, 0.3) is 0 Å². The molecule has 21 heavy (non-hydrogen) atoms. The number of aromatic nitrogens is 1. The van der Waals surface area contributed by atoms with Crippen molar-refractivity contribution in [2.24, 2.45) is 11.8 Å². The van der Waals surface area contributed by atoms with Gasteiger partial charge in [-0.25, -0.2) is 4.79 Å². The maximum absolute atomic E-state index is 11.9. The number of carboxylic acids is 1. The molecule has 0 aromatic carbocycles. The molecule has 6 heteroatoms. The summed E-state index contributed by atoms with van der Waals surface area (Å²) in [5, 5.41) is 14.7. The van der Waals surface area contributed by atoms with Crippen molar-refractivity contribution in [2.75, 3.05) is 11.9 Å². The van der Waals surface area contributed by atoms with Gasteiger partial charge in [0.05, 0.1) is 17.3 Å². The number of amides is 2. The van der Waals surface area contributed by atoms with E-state index in [1.54, 1.807) is 18.3 Å². The molecule has 2 rings (SSSR count). The van der Waals surface area contributed by atoms with E-state index in [2.05, 4.69) is 15.6 Å². The summed E-state index contributed by atoms with van der Waals surface area (Å²) in [6, 6.07) is 3.22. The summed E-state index contributed by atoms with van der Waals surface area (Å²) in [5.74, 6) is -1.10. The van der Waals surface area contributed by atoms with Crippen molar-refractivity contribution in [3.8, 4) is 0 Å². The normalized spacial score (nSPS) is 21.6. The van der Waals surface area contributed by atoms with E-state index in [4.69, 9.17) is 0 Å². The molecule has 2 atom stereocenters. The number of carbonyl (C=O) groups is 2. The van der Waals surface area contributed by atoms with Crippen LogP contribution < -0.4 is 10.6 Å². The Labute approximate surface area is 124 Å². The lowest BCUT2D eigenvalue weighted by atomic mass is 9.79. The molecule has 1 fully saturated rings. The average Bonchev–Trinajstić information content (AvgIpc) is 2.48. The monoisotopic (exact) mass is 291 g/mol. The number of nitrogens with one attached hydrogen (secondary N) is 2. The Balaban J connectivity index is 1.86. The highest BCUT2D eigenvalue weighted by atomic mass is 16.4. The lowest BCUT2D eigenvalue weighted by Gasteiger charge is -2.28. The van der Waals surface area contributed by atoms with Crippen LogP contribution in [0.4, 0.5) is 10.5 Å². The first kappa shape index (κ1) is 15.3. The quantitative estimate of drug-likeness (QED) is 0.794. The second-order valence-electron chi connectivity index (χ2n) is 5.46. The number of urea groups is 1. The number of pyridine rings is 1. The summed E-state index contributed by atoms with van der Waals surface area (Å²) in [6.45, 7) is 2.21. The van der Waals surface area contributed by atoms with Crippen LogP contribution in [0.1, 0.15) is 31.4 Å². The van der Waals surface area contributed by atoms with Gasteiger partial charge in [-0.1, -0.05) is 12.8 Å². The van der Waals surface area contributed by atoms with Crippen LogP contribution in [-0.4, -0.2) is 28.6 Å². The van der Waals surface area contributed by atoms with Gasteiger partial charge in [0.1, 0.15) is 0 Å². The minimum atomic E-state index is -0.759. The Hall–Kier alpha value is -2.11. The van der Waals surface area contributed by atoms with Crippen molar-refractivity contribution in [3.63, 3.8) is 0 Å². The van der Waals surface area contributed by atoms with Gasteiger partial charge in [0, 0.05) is 12.7 Å². The summed E-state index contributed by atoms with van der Waals surface area (Å²) >= 11 is 0. The summed E-state index contributed by atoms with van der Waals surface area (Å²) < 4.78 is 0. The SMILES string of the molecule is Cc1ncccc1NC(=O)NCC1CCCCC1C(=O)O. The number of anilines is 1. The third kappa shape index (κ3) is 4.18. The highest BCUT2D eigenvalue weighted by Crippen LogP contribution is 2.29. The molecule has 1 aliphatic carbocycles. The molecule has 1 aromatic heterocycles. The molecule has 114 valence electrons. The predicted octanol–water partition coefficient (Wildman–Crippen LogP) is 2.40. The molecule has 6 nitrogen and oxygen atoms in total. The van der Waals surface area contributed by atoms with E-state index in [0.717, 1.165) is 25.0 Å². The predicted molar refractivity (Wildman–Crippen MR) is 79.1 cm³/mol. The molecule has 0 spiro atoms. The van der Waals surface area contributed by atoms with Gasteiger partial charge in [0.15, 0.2) is 0 Å². The van der Waals surface area contributed by atoms with Crippen molar-refractivity contribution < 1.29 is 14.7 Å². The molecule has 3 N–H and O–H groups in total. The molecule has 1 saturated carbocycles. The minimum absolute atomic E-state index is 0.0111. The number of nitrogens with zero attached hydrogens (tertiary/aromatic N) is 1. The second-order valence-corrected chi connectivity index (χ2v) is 5.46. The van der Waals surface area contributed by atoms with Gasteiger partial charge in [0.2, 0.25) is 0 Å². The van der Waals surface area contributed by atoms with Gasteiger partial charge in [-0.2, -0.15) is 0 Å². The van der Waals surface area contributed by atoms with E-state index in [1.165, 1.54) is 0 Å². The summed E-state index contributed by atoms with van der Waals surface area (Å²) in [4.78, 5) is 27.2. The molecule has 1 aliphatic rings. The van der Waals surface area contributed by atoms with E-state index < -0.39 is 5.97 Å². The molecular formula is C15H21N3O3. The lowest BCUT2D eigenvalue weighted by Crippen LogP contribution is -2.39. The summed E-state index contributed by atoms with van der Waals surface area (Å²) in [5.41, 5.74) is 1.40. The van der Waals surface area contributed by atoms with Crippen molar-refractivity contribution in [1.29, 1.82) is 0 Å². The first-order valence-electron chi connectivity index (χ1n) is 7.27. The Bertz CT molecular complexity index is 519. The fourth-order valence-corrected chi connectivity index (χ4v) is 2.78. The van der Waals surface area contributed by atoms with E-state index in [9.17, 15) is 14.7 Å². The van der Waals surface area contributed by atoms with Gasteiger partial charge in [-0.05, 0) is 37.8 Å². The van der Waals surface area contributed by atoms with E-state index in [1.807, 2.05) is 6.92 Å². The average molecular weight is 291 g/mol. The number of rotatable bonds is 4. The number of hydrogen-bond donors (Lipinski definition) is 3. The Kier molecular flexibility index (Phi) is 5.14.